The molecule has 0 spiro atoms. The van der Waals surface area contributed by atoms with Crippen molar-refractivity contribution in [1.82, 2.24) is 0 Å². The van der Waals surface area contributed by atoms with E-state index in [0.29, 0.717) is 12.8 Å². The Labute approximate surface area is 202 Å². The minimum Gasteiger partial charge on any atom is -0.550 e. The first kappa shape index (κ1) is 27.4. The SMILES string of the molecule is CC[C@H](C)C(=O)O[C@H]1CCC=C2C=C[C@H](C)C(CC[C@@H](O)C[C@@H](O)CC(=O)[O-])C21.[Na+]. The van der Waals surface area contributed by atoms with Gasteiger partial charge >= 0.3 is 35.5 Å². The molecule has 2 aliphatic rings. The van der Waals surface area contributed by atoms with Gasteiger partial charge in [-0.1, -0.05) is 39.0 Å². The topological polar surface area (TPSA) is 107 Å². The number of carbonyl (C=O) groups is 2. The van der Waals surface area contributed by atoms with E-state index in [-0.39, 0.29) is 71.7 Å². The molecule has 2 aliphatic carbocycles. The molecule has 0 saturated heterocycles. The monoisotopic (exact) mass is 430 g/mol. The fraction of sp³-hybridized carbons (Fsp3) is 0.739. The van der Waals surface area contributed by atoms with E-state index in [4.69, 9.17) is 4.74 Å². The molecule has 0 aliphatic heterocycles. The van der Waals surface area contributed by atoms with Crippen LogP contribution in [0.5, 0.6) is 0 Å². The molecule has 2 unspecified atom stereocenters. The number of hydrogen-bond acceptors (Lipinski definition) is 6. The number of aliphatic carboxylic acids is 1. The Kier molecular flexibility index (Phi) is 11.9. The third-order valence-corrected chi connectivity index (χ3v) is 6.41. The van der Waals surface area contributed by atoms with Gasteiger partial charge in [-0.2, -0.15) is 0 Å². The van der Waals surface area contributed by atoms with Crippen LogP contribution >= 0.6 is 0 Å². The summed E-state index contributed by atoms with van der Waals surface area (Å²) in [5.41, 5.74) is 1.20. The van der Waals surface area contributed by atoms with Crippen molar-refractivity contribution in [2.24, 2.45) is 23.7 Å². The maximum atomic E-state index is 12.4. The van der Waals surface area contributed by atoms with E-state index in [0.717, 1.165) is 19.3 Å². The van der Waals surface area contributed by atoms with Crippen LogP contribution in [-0.2, 0) is 14.3 Å². The quantitative estimate of drug-likeness (QED) is 0.345. The number of carbonyl (C=O) groups excluding carboxylic acids is 2. The normalized spacial score (nSPS) is 28.4. The zero-order chi connectivity index (χ0) is 21.6. The number of ether oxygens (including phenoxy) is 1. The van der Waals surface area contributed by atoms with Gasteiger partial charge in [0.05, 0.1) is 18.1 Å². The summed E-state index contributed by atoms with van der Waals surface area (Å²) in [5.74, 6) is -0.984. The van der Waals surface area contributed by atoms with Crippen molar-refractivity contribution in [3.8, 4) is 0 Å². The van der Waals surface area contributed by atoms with Crippen LogP contribution in [0.3, 0.4) is 0 Å². The van der Waals surface area contributed by atoms with Crippen LogP contribution in [0.4, 0.5) is 0 Å². The van der Waals surface area contributed by atoms with Gasteiger partial charge in [-0.25, -0.2) is 0 Å². The summed E-state index contributed by atoms with van der Waals surface area (Å²) < 4.78 is 5.92. The van der Waals surface area contributed by atoms with Gasteiger partial charge in [0.1, 0.15) is 6.10 Å². The van der Waals surface area contributed by atoms with E-state index in [1.54, 1.807) is 0 Å². The molecule has 7 atom stereocenters. The average molecular weight is 431 g/mol. The molecule has 0 aromatic carbocycles. The minimum atomic E-state index is -1.32. The molecule has 0 heterocycles. The molecule has 0 radical (unpaired) electrons. The van der Waals surface area contributed by atoms with Crippen molar-refractivity contribution in [3.63, 3.8) is 0 Å². The first-order valence-corrected chi connectivity index (χ1v) is 10.9. The second-order valence-electron chi connectivity index (χ2n) is 8.67. The van der Waals surface area contributed by atoms with E-state index in [9.17, 15) is 24.9 Å². The fourth-order valence-electron chi connectivity index (χ4n) is 4.48. The van der Waals surface area contributed by atoms with Gasteiger partial charge in [0.25, 0.3) is 0 Å². The molecule has 2 N–H and O–H groups in total. The summed E-state index contributed by atoms with van der Waals surface area (Å²) in [4.78, 5) is 23.0. The zero-order valence-electron chi connectivity index (χ0n) is 18.8. The number of esters is 1. The predicted molar refractivity (Wildman–Crippen MR) is 107 cm³/mol. The molecule has 164 valence electrons. The molecular weight excluding hydrogens is 395 g/mol. The molecular formula is C23H35NaO6. The maximum absolute atomic E-state index is 12.4. The van der Waals surface area contributed by atoms with Gasteiger partial charge in [-0.15, -0.1) is 0 Å². The second kappa shape index (κ2) is 13.0. The number of hydrogen-bond donors (Lipinski definition) is 2. The number of carboxylic acid groups (broad SMARTS) is 1. The summed E-state index contributed by atoms with van der Waals surface area (Å²) in [6.45, 7) is 6.00. The van der Waals surface area contributed by atoms with Crippen molar-refractivity contribution in [2.75, 3.05) is 0 Å². The van der Waals surface area contributed by atoms with Crippen molar-refractivity contribution in [1.29, 1.82) is 0 Å². The van der Waals surface area contributed by atoms with E-state index >= 15 is 0 Å². The Hall–Kier alpha value is -0.660. The predicted octanol–water partition coefficient (Wildman–Crippen LogP) is -0.861. The number of carboxylic acids is 1. The summed E-state index contributed by atoms with van der Waals surface area (Å²) in [5, 5.41) is 30.6. The average Bonchev–Trinajstić information content (AvgIpc) is 2.66. The largest absolute Gasteiger partial charge is 1.00 e. The molecule has 0 bridgehead atoms. The molecule has 0 aromatic rings. The van der Waals surface area contributed by atoms with E-state index in [1.807, 2.05) is 13.8 Å². The van der Waals surface area contributed by atoms with Crippen LogP contribution in [-0.4, -0.2) is 40.5 Å². The molecule has 0 saturated carbocycles. The Morgan fingerprint density at radius 2 is 2.00 bits per heavy atom. The van der Waals surface area contributed by atoms with Crippen LogP contribution in [0.15, 0.2) is 23.8 Å². The summed E-state index contributed by atoms with van der Waals surface area (Å²) in [7, 11) is 0. The third kappa shape index (κ3) is 7.79. The van der Waals surface area contributed by atoms with Gasteiger partial charge in [-0.05, 0) is 55.9 Å². The van der Waals surface area contributed by atoms with Crippen molar-refractivity contribution in [3.05, 3.63) is 23.8 Å². The van der Waals surface area contributed by atoms with Crippen LogP contribution in [0.1, 0.15) is 65.7 Å². The van der Waals surface area contributed by atoms with Crippen LogP contribution < -0.4 is 34.7 Å². The number of aliphatic hydroxyl groups is 2. The van der Waals surface area contributed by atoms with E-state index in [2.05, 4.69) is 25.2 Å². The number of rotatable bonds is 10. The fourth-order valence-corrected chi connectivity index (χ4v) is 4.48. The van der Waals surface area contributed by atoms with Gasteiger partial charge in [0.2, 0.25) is 0 Å². The molecule has 6 nitrogen and oxygen atoms in total. The third-order valence-electron chi connectivity index (χ3n) is 6.41. The van der Waals surface area contributed by atoms with E-state index in [1.165, 1.54) is 5.57 Å². The second-order valence-corrected chi connectivity index (χ2v) is 8.67. The molecule has 0 amide bonds. The molecule has 0 fully saturated rings. The summed E-state index contributed by atoms with van der Waals surface area (Å²) in [6, 6.07) is 0. The number of fused-ring (bicyclic) bond motifs is 1. The van der Waals surface area contributed by atoms with Crippen LogP contribution in [0.2, 0.25) is 0 Å². The Morgan fingerprint density at radius 1 is 1.30 bits per heavy atom. The maximum Gasteiger partial charge on any atom is 1.00 e. The van der Waals surface area contributed by atoms with Gasteiger partial charge < -0.3 is 24.9 Å². The smallest absolute Gasteiger partial charge is 0.550 e. The summed E-state index contributed by atoms with van der Waals surface area (Å²) >= 11 is 0. The molecule has 30 heavy (non-hydrogen) atoms. The van der Waals surface area contributed by atoms with Crippen molar-refractivity contribution < 1.29 is 59.2 Å². The zero-order valence-corrected chi connectivity index (χ0v) is 20.8. The Morgan fingerprint density at radius 3 is 2.63 bits per heavy atom. The Balaban J connectivity index is 0.00000450. The first-order chi connectivity index (χ1) is 13.7. The number of aliphatic hydroxyl groups excluding tert-OH is 2. The Bertz CT molecular complexity index is 631. The summed E-state index contributed by atoms with van der Waals surface area (Å²) in [6.07, 6.45) is 7.64. The standard InChI is InChI=1S/C23H36O6.Na/c1-4-14(2)23(28)29-20-7-5-6-16-9-8-15(3)19(22(16)20)11-10-17(24)12-18(25)13-21(26)27;/h6,8-9,14-15,17-20,22,24-25H,4-5,7,10-13H2,1-3H3,(H,26,27);/q;+1/p-1/t14-,15-,17+,18+,19?,20-,22?;/m0./s1. The minimum absolute atomic E-state index is 0. The van der Waals surface area contributed by atoms with Crippen molar-refractivity contribution >= 4 is 11.9 Å². The number of allylic oxidation sites excluding steroid dienone is 3. The van der Waals surface area contributed by atoms with Gasteiger partial charge in [0.15, 0.2) is 0 Å². The van der Waals surface area contributed by atoms with Gasteiger partial charge in [-0.3, -0.25) is 4.79 Å². The van der Waals surface area contributed by atoms with Crippen molar-refractivity contribution in [2.45, 2.75) is 84.0 Å². The van der Waals surface area contributed by atoms with Crippen LogP contribution in [0, 0.1) is 23.7 Å². The molecule has 2 rings (SSSR count). The van der Waals surface area contributed by atoms with Crippen LogP contribution in [0.25, 0.3) is 0 Å². The molecule has 7 heteroatoms. The van der Waals surface area contributed by atoms with E-state index < -0.39 is 24.6 Å². The van der Waals surface area contributed by atoms with Gasteiger partial charge in [0, 0.05) is 18.3 Å². The molecule has 0 aromatic heterocycles. The first-order valence-electron chi connectivity index (χ1n) is 10.9.